The highest BCUT2D eigenvalue weighted by Gasteiger charge is 2.14. The van der Waals surface area contributed by atoms with Gasteiger partial charge in [0.05, 0.1) is 15.6 Å². The van der Waals surface area contributed by atoms with Crippen molar-refractivity contribution in [2.45, 2.75) is 6.61 Å². The molecule has 0 bridgehead atoms. The van der Waals surface area contributed by atoms with E-state index < -0.39 is 10.8 Å². The lowest BCUT2D eigenvalue weighted by Crippen LogP contribution is -2.16. The van der Waals surface area contributed by atoms with E-state index in [-0.39, 0.29) is 11.4 Å². The Morgan fingerprint density at radius 3 is 2.76 bits per heavy atom. The normalized spacial score (nSPS) is 11.1. The summed E-state index contributed by atoms with van der Waals surface area (Å²) in [6, 6.07) is 18.3. The summed E-state index contributed by atoms with van der Waals surface area (Å²) in [5.74, 6) is 0.0449. The van der Waals surface area contributed by atoms with E-state index in [1.54, 1.807) is 24.3 Å². The first-order valence-electron chi connectivity index (χ1n) is 9.58. The molecular weight excluding hydrogens is 514 g/mol. The van der Waals surface area contributed by atoms with Gasteiger partial charge in [-0.15, -0.1) is 0 Å². The number of nitrogens with zero attached hydrogens (tertiary/aromatic N) is 2. The number of nitrogens with one attached hydrogen (secondary N) is 1. The lowest BCUT2D eigenvalue weighted by molar-refractivity contribution is -0.384. The number of hydrazone groups is 1. The quantitative estimate of drug-likeness (QED) is 0.177. The standard InChI is InChI=1S/C23H15BrClN3O5/c24-18-9-14(5-7-21(18)32-13-15-3-1-2-4-19(15)25)12-26-27-23(29)22-11-16-10-17(28(30)31)6-8-20(16)33-22/h1-12H,13H2,(H,27,29)/b26-12-. The molecule has 0 saturated carbocycles. The number of benzene rings is 3. The molecule has 0 fully saturated rings. The zero-order chi connectivity index (χ0) is 23.4. The van der Waals surface area contributed by atoms with Gasteiger partial charge in [-0.25, -0.2) is 5.43 Å². The largest absolute Gasteiger partial charge is 0.488 e. The number of nitro benzene ring substituents is 1. The lowest BCUT2D eigenvalue weighted by atomic mass is 10.2. The van der Waals surface area contributed by atoms with Gasteiger partial charge in [0, 0.05) is 28.1 Å². The molecule has 1 amide bonds. The number of hydrogen-bond donors (Lipinski definition) is 1. The fraction of sp³-hybridized carbons (Fsp3) is 0.0435. The second kappa shape index (κ2) is 9.85. The third kappa shape index (κ3) is 5.39. The summed E-state index contributed by atoms with van der Waals surface area (Å²) >= 11 is 9.61. The smallest absolute Gasteiger partial charge is 0.307 e. The van der Waals surface area contributed by atoms with Crippen LogP contribution in [-0.4, -0.2) is 17.0 Å². The molecule has 166 valence electrons. The van der Waals surface area contributed by atoms with Gasteiger partial charge in [-0.3, -0.25) is 14.9 Å². The first-order chi connectivity index (χ1) is 15.9. The number of fused-ring (bicyclic) bond motifs is 1. The maximum Gasteiger partial charge on any atom is 0.307 e. The molecule has 3 aromatic carbocycles. The lowest BCUT2D eigenvalue weighted by Gasteiger charge is -2.10. The van der Waals surface area contributed by atoms with E-state index in [4.69, 9.17) is 20.8 Å². The Morgan fingerprint density at radius 2 is 2.00 bits per heavy atom. The van der Waals surface area contributed by atoms with Crippen molar-refractivity contribution < 1.29 is 18.9 Å². The first kappa shape index (κ1) is 22.5. The van der Waals surface area contributed by atoms with Gasteiger partial charge in [-0.2, -0.15) is 5.10 Å². The van der Waals surface area contributed by atoms with Gasteiger partial charge in [0.25, 0.3) is 5.69 Å². The number of non-ortho nitro benzene ring substituents is 1. The molecule has 10 heteroatoms. The number of rotatable bonds is 7. The molecule has 0 aliphatic rings. The third-order valence-electron chi connectivity index (χ3n) is 4.61. The number of carbonyl (C=O) groups is 1. The van der Waals surface area contributed by atoms with Crippen LogP contribution in [0.3, 0.4) is 0 Å². The molecule has 4 aromatic rings. The van der Waals surface area contributed by atoms with Crippen molar-refractivity contribution in [3.8, 4) is 5.75 Å². The summed E-state index contributed by atoms with van der Waals surface area (Å²) in [4.78, 5) is 22.7. The number of carbonyl (C=O) groups excluding carboxylic acids is 1. The van der Waals surface area contributed by atoms with Crippen molar-refractivity contribution in [3.05, 3.63) is 103 Å². The molecule has 1 heterocycles. The zero-order valence-electron chi connectivity index (χ0n) is 16.8. The Bertz CT molecular complexity index is 1390. The Morgan fingerprint density at radius 1 is 1.18 bits per heavy atom. The maximum atomic E-state index is 12.3. The molecule has 0 aliphatic heterocycles. The fourth-order valence-corrected chi connectivity index (χ4v) is 3.66. The molecule has 4 rings (SSSR count). The average Bonchev–Trinajstić information content (AvgIpc) is 3.23. The zero-order valence-corrected chi connectivity index (χ0v) is 19.2. The van der Waals surface area contributed by atoms with Crippen molar-refractivity contribution in [2.75, 3.05) is 0 Å². The summed E-state index contributed by atoms with van der Waals surface area (Å²) < 4.78 is 12.0. The van der Waals surface area contributed by atoms with Crippen LogP contribution in [0, 0.1) is 10.1 Å². The van der Waals surface area contributed by atoms with Crippen molar-refractivity contribution in [3.63, 3.8) is 0 Å². The Hall–Kier alpha value is -3.69. The predicted molar refractivity (Wildman–Crippen MR) is 128 cm³/mol. The minimum Gasteiger partial charge on any atom is -0.488 e. The van der Waals surface area contributed by atoms with Crippen molar-refractivity contribution >= 4 is 56.3 Å². The van der Waals surface area contributed by atoms with Crippen LogP contribution in [0.25, 0.3) is 11.0 Å². The van der Waals surface area contributed by atoms with Gasteiger partial charge in [0.15, 0.2) is 5.76 Å². The molecule has 0 unspecified atom stereocenters. The van der Waals surface area contributed by atoms with E-state index in [0.717, 1.165) is 5.56 Å². The van der Waals surface area contributed by atoms with E-state index in [9.17, 15) is 14.9 Å². The maximum absolute atomic E-state index is 12.3. The van der Waals surface area contributed by atoms with Gasteiger partial charge in [-0.1, -0.05) is 29.8 Å². The van der Waals surface area contributed by atoms with Crippen LogP contribution in [0.1, 0.15) is 21.7 Å². The van der Waals surface area contributed by atoms with E-state index in [0.29, 0.717) is 38.4 Å². The second-order valence-electron chi connectivity index (χ2n) is 6.86. The first-order valence-corrected chi connectivity index (χ1v) is 10.7. The monoisotopic (exact) mass is 527 g/mol. The summed E-state index contributed by atoms with van der Waals surface area (Å²) in [5.41, 5.74) is 4.25. The molecule has 8 nitrogen and oxygen atoms in total. The van der Waals surface area contributed by atoms with Crippen LogP contribution in [0.5, 0.6) is 5.75 Å². The molecule has 0 spiro atoms. The minimum atomic E-state index is -0.580. The molecule has 0 atom stereocenters. The molecule has 0 saturated heterocycles. The summed E-state index contributed by atoms with van der Waals surface area (Å²) in [6.07, 6.45) is 1.47. The van der Waals surface area contributed by atoms with E-state index in [2.05, 4.69) is 26.5 Å². The van der Waals surface area contributed by atoms with Crippen LogP contribution < -0.4 is 10.2 Å². The van der Waals surface area contributed by atoms with Crippen molar-refractivity contribution in [2.24, 2.45) is 5.10 Å². The van der Waals surface area contributed by atoms with Gasteiger partial charge >= 0.3 is 5.91 Å². The topological polar surface area (TPSA) is 107 Å². The second-order valence-corrected chi connectivity index (χ2v) is 8.12. The highest BCUT2D eigenvalue weighted by Crippen LogP contribution is 2.27. The fourth-order valence-electron chi connectivity index (χ4n) is 2.96. The molecular formula is C23H15BrClN3O5. The Labute approximate surface area is 201 Å². The predicted octanol–water partition coefficient (Wildman–Crippen LogP) is 6.10. The van der Waals surface area contributed by atoms with Gasteiger partial charge in [0.2, 0.25) is 0 Å². The van der Waals surface area contributed by atoms with Gasteiger partial charge in [-0.05, 0) is 57.9 Å². The van der Waals surface area contributed by atoms with Crippen molar-refractivity contribution in [1.82, 2.24) is 5.43 Å². The van der Waals surface area contributed by atoms with Gasteiger partial charge in [0.1, 0.15) is 17.9 Å². The van der Waals surface area contributed by atoms with Gasteiger partial charge < -0.3 is 9.15 Å². The third-order valence-corrected chi connectivity index (χ3v) is 5.60. The number of halogens is 2. The molecule has 0 radical (unpaired) electrons. The van der Waals surface area contributed by atoms with Crippen molar-refractivity contribution in [1.29, 1.82) is 0 Å². The Kier molecular flexibility index (Phi) is 6.71. The summed E-state index contributed by atoms with van der Waals surface area (Å²) in [5, 5.41) is 15.9. The molecule has 33 heavy (non-hydrogen) atoms. The number of ether oxygens (including phenoxy) is 1. The van der Waals surface area contributed by atoms with Crippen LogP contribution in [-0.2, 0) is 6.61 Å². The van der Waals surface area contributed by atoms with Crippen LogP contribution in [0.2, 0.25) is 5.02 Å². The summed E-state index contributed by atoms with van der Waals surface area (Å²) in [7, 11) is 0. The average molecular weight is 529 g/mol. The number of nitro groups is 1. The number of furan rings is 1. The summed E-state index contributed by atoms with van der Waals surface area (Å²) in [6.45, 7) is 0.322. The SMILES string of the molecule is O=C(N/N=C\c1ccc(OCc2ccccc2Cl)c(Br)c1)c1cc2cc([N+](=O)[O-])ccc2o1. The molecule has 1 aromatic heterocycles. The van der Waals surface area contributed by atoms with E-state index in [1.807, 2.05) is 18.2 Å². The Balaban J connectivity index is 1.38. The van der Waals surface area contributed by atoms with E-state index in [1.165, 1.54) is 30.5 Å². The number of hydrogen-bond acceptors (Lipinski definition) is 6. The minimum absolute atomic E-state index is 0.00727. The van der Waals surface area contributed by atoms with Crippen LogP contribution in [0.15, 0.2) is 80.7 Å². The molecule has 1 N–H and O–H groups in total. The van der Waals surface area contributed by atoms with Crippen LogP contribution in [0.4, 0.5) is 5.69 Å². The van der Waals surface area contributed by atoms with Crippen LogP contribution >= 0.6 is 27.5 Å². The highest BCUT2D eigenvalue weighted by atomic mass is 79.9. The van der Waals surface area contributed by atoms with E-state index >= 15 is 0 Å². The highest BCUT2D eigenvalue weighted by molar-refractivity contribution is 9.10. The molecule has 0 aliphatic carbocycles. The number of amides is 1.